The molecule has 2 saturated heterocycles. The first-order valence-electron chi connectivity index (χ1n) is 6.63. The van der Waals surface area contributed by atoms with E-state index in [1.165, 1.54) is 0 Å². The molecule has 19 heavy (non-hydrogen) atoms. The first kappa shape index (κ1) is 12.3. The maximum absolute atomic E-state index is 12.2. The number of nitrogens with two attached hydrogens (primary N) is 1. The molecule has 1 aromatic rings. The van der Waals surface area contributed by atoms with Gasteiger partial charge in [-0.2, -0.15) is 0 Å². The summed E-state index contributed by atoms with van der Waals surface area (Å²) in [6.07, 6.45) is 2.11. The van der Waals surface area contributed by atoms with Crippen LogP contribution in [0.3, 0.4) is 0 Å². The predicted octanol–water partition coefficient (Wildman–Crippen LogP) is 2.16. The first-order valence-corrected chi connectivity index (χ1v) is 6.63. The Bertz CT molecular complexity index is 483. The quantitative estimate of drug-likeness (QED) is 0.788. The largest absolute Gasteiger partial charge is 0.442 e. The Morgan fingerprint density at radius 3 is 2.58 bits per heavy atom. The molecule has 3 rings (SSSR count). The summed E-state index contributed by atoms with van der Waals surface area (Å²) in [5.41, 5.74) is 6.92. The lowest BCUT2D eigenvalue weighted by Gasteiger charge is -2.43. The summed E-state index contributed by atoms with van der Waals surface area (Å²) in [6.45, 7) is 1.98. The van der Waals surface area contributed by atoms with Crippen LogP contribution in [-0.2, 0) is 9.47 Å². The molecule has 2 heterocycles. The number of carbonyl (C=O) groups is 1. The zero-order valence-electron chi connectivity index (χ0n) is 10.8. The molecule has 0 atom stereocenters. The van der Waals surface area contributed by atoms with Crippen LogP contribution in [0.15, 0.2) is 24.3 Å². The van der Waals surface area contributed by atoms with Crippen molar-refractivity contribution in [3.05, 3.63) is 24.3 Å². The molecule has 0 saturated carbocycles. The fraction of sp³-hybridized carbons (Fsp3) is 0.500. The Morgan fingerprint density at radius 2 is 1.89 bits per heavy atom. The van der Waals surface area contributed by atoms with E-state index in [-0.39, 0.29) is 11.7 Å². The number of amides is 1. The highest BCUT2D eigenvalue weighted by molar-refractivity contribution is 5.92. The van der Waals surface area contributed by atoms with Gasteiger partial charge in [-0.05, 0) is 12.1 Å². The number of benzene rings is 1. The first-order chi connectivity index (χ1) is 9.20. The van der Waals surface area contributed by atoms with Crippen LogP contribution in [0.2, 0.25) is 0 Å². The predicted molar refractivity (Wildman–Crippen MR) is 72.1 cm³/mol. The van der Waals surface area contributed by atoms with Crippen molar-refractivity contribution in [2.24, 2.45) is 0 Å². The number of ether oxygens (including phenoxy) is 2. The average molecular weight is 262 g/mol. The van der Waals surface area contributed by atoms with Crippen LogP contribution >= 0.6 is 0 Å². The number of hydrogen-bond acceptors (Lipinski definition) is 4. The lowest BCUT2D eigenvalue weighted by molar-refractivity contribution is -0.0805. The molecular formula is C14H18N2O3. The molecule has 0 aliphatic carbocycles. The van der Waals surface area contributed by atoms with Crippen LogP contribution in [-0.4, -0.2) is 31.5 Å². The molecule has 2 fully saturated rings. The molecule has 2 N–H and O–H groups in total. The van der Waals surface area contributed by atoms with Crippen molar-refractivity contribution in [1.82, 2.24) is 0 Å². The Balaban J connectivity index is 1.78. The van der Waals surface area contributed by atoms with Crippen molar-refractivity contribution in [3.63, 3.8) is 0 Å². The molecule has 1 amide bonds. The second kappa shape index (κ2) is 4.74. The van der Waals surface area contributed by atoms with E-state index in [1.54, 1.807) is 11.0 Å². The molecule has 5 heteroatoms. The number of para-hydroxylation sites is 2. The van der Waals surface area contributed by atoms with Gasteiger partial charge in [-0.15, -0.1) is 0 Å². The van der Waals surface area contributed by atoms with Gasteiger partial charge in [0.1, 0.15) is 5.60 Å². The number of nitrogens with zero attached hydrogens (tertiary/aromatic N) is 1. The molecule has 2 aliphatic heterocycles. The minimum Gasteiger partial charge on any atom is -0.442 e. The van der Waals surface area contributed by atoms with Crippen LogP contribution in [0.1, 0.15) is 19.3 Å². The molecule has 0 radical (unpaired) electrons. The van der Waals surface area contributed by atoms with E-state index in [4.69, 9.17) is 15.2 Å². The number of carbonyl (C=O) groups excluding carboxylic acids is 1. The van der Waals surface area contributed by atoms with Crippen molar-refractivity contribution in [3.8, 4) is 0 Å². The Hall–Kier alpha value is -1.75. The Morgan fingerprint density at radius 1 is 1.16 bits per heavy atom. The molecule has 2 aliphatic rings. The molecule has 1 spiro atoms. The van der Waals surface area contributed by atoms with Crippen LogP contribution in [0.5, 0.6) is 0 Å². The average Bonchev–Trinajstić information content (AvgIpc) is 2.41. The molecule has 0 bridgehead atoms. The second-order valence-corrected chi connectivity index (χ2v) is 5.12. The standard InChI is InChI=1S/C14H18N2O3/c15-11-3-1-2-4-12(11)16-8-5-14(19-13(16)17)6-9-18-10-7-14/h1-4H,5-10,15H2. The van der Waals surface area contributed by atoms with Crippen molar-refractivity contribution in [1.29, 1.82) is 0 Å². The van der Waals surface area contributed by atoms with E-state index in [0.717, 1.165) is 24.9 Å². The fourth-order valence-electron chi connectivity index (χ4n) is 2.75. The monoisotopic (exact) mass is 262 g/mol. The number of hydrogen-bond donors (Lipinski definition) is 1. The third-order valence-corrected chi connectivity index (χ3v) is 3.95. The summed E-state index contributed by atoms with van der Waals surface area (Å²) < 4.78 is 11.0. The molecule has 102 valence electrons. The number of nitrogen functional groups attached to an aromatic ring is 1. The van der Waals surface area contributed by atoms with Gasteiger partial charge in [-0.25, -0.2) is 4.79 Å². The SMILES string of the molecule is Nc1ccccc1N1CCC2(CCOCC2)OC1=O. The van der Waals surface area contributed by atoms with Gasteiger partial charge in [0, 0.05) is 25.8 Å². The maximum atomic E-state index is 12.2. The van der Waals surface area contributed by atoms with Gasteiger partial charge < -0.3 is 15.2 Å². The van der Waals surface area contributed by atoms with Crippen molar-refractivity contribution in [2.75, 3.05) is 30.4 Å². The number of anilines is 2. The van der Waals surface area contributed by atoms with E-state index >= 15 is 0 Å². The summed E-state index contributed by atoms with van der Waals surface area (Å²) in [6, 6.07) is 7.37. The summed E-state index contributed by atoms with van der Waals surface area (Å²) in [5.74, 6) is 0. The third kappa shape index (κ3) is 2.26. The summed E-state index contributed by atoms with van der Waals surface area (Å²) in [7, 11) is 0. The van der Waals surface area contributed by atoms with Gasteiger partial charge in [0.15, 0.2) is 0 Å². The van der Waals surface area contributed by atoms with Crippen LogP contribution in [0.4, 0.5) is 16.2 Å². The van der Waals surface area contributed by atoms with Gasteiger partial charge in [0.05, 0.1) is 24.6 Å². The van der Waals surface area contributed by atoms with E-state index < -0.39 is 0 Å². The summed E-state index contributed by atoms with van der Waals surface area (Å²) >= 11 is 0. The summed E-state index contributed by atoms with van der Waals surface area (Å²) in [4.78, 5) is 13.8. The minimum atomic E-state index is -0.324. The molecular weight excluding hydrogens is 244 g/mol. The van der Waals surface area contributed by atoms with Gasteiger partial charge in [0.25, 0.3) is 0 Å². The highest BCUT2D eigenvalue weighted by atomic mass is 16.6. The van der Waals surface area contributed by atoms with E-state index in [0.29, 0.717) is 25.4 Å². The number of rotatable bonds is 1. The van der Waals surface area contributed by atoms with Crippen LogP contribution in [0.25, 0.3) is 0 Å². The van der Waals surface area contributed by atoms with Crippen molar-refractivity contribution >= 4 is 17.5 Å². The lowest BCUT2D eigenvalue weighted by atomic mass is 9.89. The normalized spacial score (nSPS) is 22.3. The maximum Gasteiger partial charge on any atom is 0.414 e. The molecule has 5 nitrogen and oxygen atoms in total. The van der Waals surface area contributed by atoms with E-state index in [9.17, 15) is 4.79 Å². The second-order valence-electron chi connectivity index (χ2n) is 5.12. The molecule has 0 unspecified atom stereocenters. The Kier molecular flexibility index (Phi) is 3.06. The van der Waals surface area contributed by atoms with E-state index in [1.807, 2.05) is 18.2 Å². The minimum absolute atomic E-state index is 0.300. The van der Waals surface area contributed by atoms with E-state index in [2.05, 4.69) is 0 Å². The zero-order chi connectivity index (χ0) is 13.3. The third-order valence-electron chi connectivity index (χ3n) is 3.95. The zero-order valence-corrected chi connectivity index (χ0v) is 10.8. The van der Waals surface area contributed by atoms with Gasteiger partial charge in [-0.3, -0.25) is 4.90 Å². The van der Waals surface area contributed by atoms with Crippen molar-refractivity contribution < 1.29 is 14.3 Å². The smallest absolute Gasteiger partial charge is 0.414 e. The lowest BCUT2D eigenvalue weighted by Crippen LogP contribution is -2.52. The summed E-state index contributed by atoms with van der Waals surface area (Å²) in [5, 5.41) is 0. The molecule has 0 aromatic heterocycles. The van der Waals surface area contributed by atoms with Gasteiger partial charge in [0.2, 0.25) is 0 Å². The van der Waals surface area contributed by atoms with Crippen molar-refractivity contribution in [2.45, 2.75) is 24.9 Å². The van der Waals surface area contributed by atoms with Gasteiger partial charge in [-0.1, -0.05) is 12.1 Å². The van der Waals surface area contributed by atoms with Crippen LogP contribution < -0.4 is 10.6 Å². The Labute approximate surface area is 112 Å². The highest BCUT2D eigenvalue weighted by Crippen LogP contribution is 2.36. The topological polar surface area (TPSA) is 64.8 Å². The van der Waals surface area contributed by atoms with Gasteiger partial charge >= 0.3 is 6.09 Å². The van der Waals surface area contributed by atoms with Crippen LogP contribution in [0, 0.1) is 0 Å². The highest BCUT2D eigenvalue weighted by Gasteiger charge is 2.42. The molecule has 1 aromatic carbocycles. The fourth-order valence-corrected chi connectivity index (χ4v) is 2.75.